The molecule has 0 atom stereocenters. The second-order valence-corrected chi connectivity index (χ2v) is 5.52. The van der Waals surface area contributed by atoms with Crippen molar-refractivity contribution in [3.8, 4) is 0 Å². The molecule has 7 nitrogen and oxygen atoms in total. The molecule has 0 aliphatic rings. The van der Waals surface area contributed by atoms with E-state index in [1.54, 1.807) is 18.2 Å². The Morgan fingerprint density at radius 2 is 2.20 bits per heavy atom. The number of nitrogens with one attached hydrogen (secondary N) is 2. The Morgan fingerprint density at radius 1 is 1.40 bits per heavy atom. The topological polar surface area (TPSA) is 112 Å². The maximum atomic E-state index is 12.0. The number of rotatable bonds is 5. The van der Waals surface area contributed by atoms with Crippen molar-refractivity contribution in [1.82, 2.24) is 10.2 Å². The van der Waals surface area contributed by atoms with Gasteiger partial charge in [-0.05, 0) is 23.8 Å². The van der Waals surface area contributed by atoms with E-state index in [9.17, 15) is 13.2 Å². The van der Waals surface area contributed by atoms with Crippen LogP contribution in [-0.2, 0) is 14.8 Å². The molecular formula is C12H11N3O4S. The van der Waals surface area contributed by atoms with E-state index in [4.69, 9.17) is 5.11 Å². The van der Waals surface area contributed by atoms with Gasteiger partial charge in [0.2, 0.25) is 0 Å². The monoisotopic (exact) mass is 293 g/mol. The molecule has 0 saturated carbocycles. The van der Waals surface area contributed by atoms with Crippen LogP contribution in [-0.4, -0.2) is 29.7 Å². The third-order valence-electron chi connectivity index (χ3n) is 2.34. The van der Waals surface area contributed by atoms with Gasteiger partial charge in [-0.2, -0.15) is 5.10 Å². The third kappa shape index (κ3) is 3.45. The van der Waals surface area contributed by atoms with E-state index in [0.29, 0.717) is 11.3 Å². The second kappa shape index (κ2) is 5.57. The molecule has 2 aromatic rings. The minimum Gasteiger partial charge on any atom is -0.478 e. The molecule has 0 aliphatic carbocycles. The molecule has 1 aromatic carbocycles. The average Bonchev–Trinajstić information content (AvgIpc) is 2.91. The van der Waals surface area contributed by atoms with Crippen molar-refractivity contribution in [3.05, 3.63) is 48.3 Å². The number of nitrogens with zero attached hydrogens (tertiary/aromatic N) is 1. The van der Waals surface area contributed by atoms with Gasteiger partial charge in [-0.15, -0.1) is 0 Å². The van der Waals surface area contributed by atoms with Gasteiger partial charge in [0.15, 0.2) is 0 Å². The number of sulfonamides is 1. The van der Waals surface area contributed by atoms with Crippen LogP contribution in [0.2, 0.25) is 0 Å². The molecule has 20 heavy (non-hydrogen) atoms. The van der Waals surface area contributed by atoms with Crippen LogP contribution < -0.4 is 4.72 Å². The maximum absolute atomic E-state index is 12.0. The summed E-state index contributed by atoms with van der Waals surface area (Å²) in [5.74, 6) is -1.07. The molecule has 8 heteroatoms. The van der Waals surface area contributed by atoms with Crippen LogP contribution in [0.5, 0.6) is 0 Å². The summed E-state index contributed by atoms with van der Waals surface area (Å²) < 4.78 is 26.3. The van der Waals surface area contributed by atoms with E-state index >= 15 is 0 Å². The number of aromatic amines is 1. The maximum Gasteiger partial charge on any atom is 0.328 e. The number of anilines is 1. The largest absolute Gasteiger partial charge is 0.478 e. The molecule has 3 N–H and O–H groups in total. The lowest BCUT2D eigenvalue weighted by molar-refractivity contribution is -0.131. The highest BCUT2D eigenvalue weighted by Gasteiger charge is 2.14. The zero-order valence-electron chi connectivity index (χ0n) is 10.1. The standard InChI is InChI=1S/C12H11N3O4S/c16-12(17)5-4-9-2-1-3-10(6-9)15-20(18,19)11-7-13-14-8-11/h1-8,15H,(H,13,14)(H,16,17)/b5-4+. The SMILES string of the molecule is O=C(O)/C=C/c1cccc(NS(=O)(=O)c2cn[nH]c2)c1. The number of aliphatic carboxylic acids is 1. The highest BCUT2D eigenvalue weighted by molar-refractivity contribution is 7.92. The Bertz CT molecular complexity index is 736. The molecule has 0 aliphatic heterocycles. The number of H-pyrrole nitrogens is 1. The van der Waals surface area contributed by atoms with Gasteiger partial charge in [0.25, 0.3) is 10.0 Å². The summed E-state index contributed by atoms with van der Waals surface area (Å²) in [5, 5.41) is 14.5. The molecule has 1 aromatic heterocycles. The summed E-state index contributed by atoms with van der Waals surface area (Å²) in [5.41, 5.74) is 0.901. The van der Waals surface area contributed by atoms with Gasteiger partial charge in [-0.3, -0.25) is 9.82 Å². The van der Waals surface area contributed by atoms with Gasteiger partial charge in [0, 0.05) is 18.0 Å². The first kappa shape index (κ1) is 13.8. The summed E-state index contributed by atoms with van der Waals surface area (Å²) in [6.07, 6.45) is 4.80. The minimum absolute atomic E-state index is 0.0176. The first-order chi connectivity index (χ1) is 9.47. The average molecular weight is 293 g/mol. The first-order valence-corrected chi connectivity index (χ1v) is 6.98. The van der Waals surface area contributed by atoms with Crippen molar-refractivity contribution in [2.75, 3.05) is 4.72 Å². The number of benzene rings is 1. The predicted octanol–water partition coefficient (Wildman–Crippen LogP) is 1.31. The molecule has 0 fully saturated rings. The molecule has 0 amide bonds. The van der Waals surface area contributed by atoms with E-state index in [1.807, 2.05) is 0 Å². The fourth-order valence-electron chi connectivity index (χ4n) is 1.47. The third-order valence-corrected chi connectivity index (χ3v) is 3.69. The molecule has 1 heterocycles. The zero-order valence-corrected chi connectivity index (χ0v) is 11.0. The lowest BCUT2D eigenvalue weighted by atomic mass is 10.2. The Kier molecular flexibility index (Phi) is 3.85. The molecule has 0 bridgehead atoms. The van der Waals surface area contributed by atoms with Crippen LogP contribution in [0, 0.1) is 0 Å². The van der Waals surface area contributed by atoms with Crippen molar-refractivity contribution >= 4 is 27.8 Å². The fourth-order valence-corrected chi connectivity index (χ4v) is 2.43. The van der Waals surface area contributed by atoms with Gasteiger partial charge < -0.3 is 5.11 Å². The molecule has 104 valence electrons. The predicted molar refractivity (Wildman–Crippen MR) is 72.5 cm³/mol. The molecule has 0 radical (unpaired) electrons. The zero-order chi connectivity index (χ0) is 14.6. The Balaban J connectivity index is 2.22. The Labute approximate surface area is 115 Å². The van der Waals surface area contributed by atoms with Crippen molar-refractivity contribution in [2.45, 2.75) is 4.90 Å². The summed E-state index contributed by atoms with van der Waals surface area (Å²) in [4.78, 5) is 10.5. The number of carboxylic acids is 1. The lowest BCUT2D eigenvalue weighted by Crippen LogP contribution is -2.12. The van der Waals surface area contributed by atoms with Crippen LogP contribution in [0.4, 0.5) is 5.69 Å². The summed E-state index contributed by atoms with van der Waals surface area (Å²) in [6.45, 7) is 0. The van der Waals surface area contributed by atoms with E-state index in [1.165, 1.54) is 24.5 Å². The normalized spacial score (nSPS) is 11.6. The highest BCUT2D eigenvalue weighted by Crippen LogP contribution is 2.16. The second-order valence-electron chi connectivity index (χ2n) is 3.84. The number of hydrogen-bond acceptors (Lipinski definition) is 4. The molecule has 2 rings (SSSR count). The van der Waals surface area contributed by atoms with Gasteiger partial charge in [-0.25, -0.2) is 13.2 Å². The number of carboxylic acid groups (broad SMARTS) is 1. The van der Waals surface area contributed by atoms with Crippen LogP contribution >= 0.6 is 0 Å². The van der Waals surface area contributed by atoms with Gasteiger partial charge in [0.05, 0.1) is 6.20 Å². The van der Waals surface area contributed by atoms with Crippen molar-refractivity contribution in [3.63, 3.8) is 0 Å². The van der Waals surface area contributed by atoms with Gasteiger partial charge in [0.1, 0.15) is 4.90 Å². The molecule has 0 spiro atoms. The summed E-state index contributed by atoms with van der Waals surface area (Å²) in [6, 6.07) is 6.37. The first-order valence-electron chi connectivity index (χ1n) is 5.50. The van der Waals surface area contributed by atoms with Gasteiger partial charge >= 0.3 is 5.97 Å². The molecule has 0 unspecified atom stereocenters. The van der Waals surface area contributed by atoms with Crippen molar-refractivity contribution in [2.24, 2.45) is 0 Å². The van der Waals surface area contributed by atoms with E-state index < -0.39 is 16.0 Å². The minimum atomic E-state index is -3.70. The molecule has 0 saturated heterocycles. The van der Waals surface area contributed by atoms with Crippen molar-refractivity contribution < 1.29 is 18.3 Å². The lowest BCUT2D eigenvalue weighted by Gasteiger charge is -2.06. The number of hydrogen-bond donors (Lipinski definition) is 3. The number of carbonyl (C=O) groups is 1. The van der Waals surface area contributed by atoms with Crippen LogP contribution in [0.3, 0.4) is 0 Å². The fraction of sp³-hybridized carbons (Fsp3) is 0. The smallest absolute Gasteiger partial charge is 0.328 e. The summed E-state index contributed by atoms with van der Waals surface area (Å²) in [7, 11) is -3.70. The van der Waals surface area contributed by atoms with Gasteiger partial charge in [-0.1, -0.05) is 12.1 Å². The molecular weight excluding hydrogens is 282 g/mol. The number of aromatic nitrogens is 2. The quantitative estimate of drug-likeness (QED) is 0.719. The van der Waals surface area contributed by atoms with Crippen molar-refractivity contribution in [1.29, 1.82) is 0 Å². The van der Waals surface area contributed by atoms with E-state index in [2.05, 4.69) is 14.9 Å². The Morgan fingerprint density at radius 3 is 2.85 bits per heavy atom. The van der Waals surface area contributed by atoms with E-state index in [-0.39, 0.29) is 4.90 Å². The van der Waals surface area contributed by atoms with Crippen LogP contribution in [0.1, 0.15) is 5.56 Å². The van der Waals surface area contributed by atoms with E-state index in [0.717, 1.165) is 6.08 Å². The van der Waals surface area contributed by atoms with Crippen LogP contribution in [0.25, 0.3) is 6.08 Å². The highest BCUT2D eigenvalue weighted by atomic mass is 32.2. The summed E-state index contributed by atoms with van der Waals surface area (Å²) >= 11 is 0. The van der Waals surface area contributed by atoms with Crippen LogP contribution in [0.15, 0.2) is 47.6 Å². The Hall–Kier alpha value is -2.61.